The van der Waals surface area contributed by atoms with Gasteiger partial charge in [0.2, 0.25) is 0 Å². The van der Waals surface area contributed by atoms with Gasteiger partial charge >= 0.3 is 5.97 Å². The fraction of sp³-hybridized carbons (Fsp3) is 0.211. The van der Waals surface area contributed by atoms with Gasteiger partial charge in [0.1, 0.15) is 18.1 Å². The van der Waals surface area contributed by atoms with Crippen LogP contribution in [-0.2, 0) is 9.54 Å². The fourth-order valence-corrected chi connectivity index (χ4v) is 2.53. The summed E-state index contributed by atoms with van der Waals surface area (Å²) in [4.78, 5) is 11.9. The van der Waals surface area contributed by atoms with Crippen LogP contribution in [0.1, 0.15) is 18.1 Å². The highest BCUT2D eigenvalue weighted by Gasteiger charge is 2.38. The summed E-state index contributed by atoms with van der Waals surface area (Å²) in [7, 11) is 1.56. The summed E-state index contributed by atoms with van der Waals surface area (Å²) < 4.78 is 9.09. The van der Waals surface area contributed by atoms with E-state index in [1.54, 1.807) is 62.6 Å². The van der Waals surface area contributed by atoms with Crippen molar-refractivity contribution >= 4 is 18.6 Å². The Labute approximate surface area is 146 Å². The maximum Gasteiger partial charge on any atom is 0.328 e. The minimum Gasteiger partial charge on any atom is -0.497 e. The van der Waals surface area contributed by atoms with E-state index in [4.69, 9.17) is 9.47 Å². The highest BCUT2D eigenvalue weighted by Crippen LogP contribution is 2.38. The van der Waals surface area contributed by atoms with Gasteiger partial charge in [-0.2, -0.15) is 12.6 Å². The van der Waals surface area contributed by atoms with Crippen LogP contribution in [0.2, 0.25) is 0 Å². The molecule has 0 aliphatic carbocycles. The molecule has 0 aromatic heterocycles. The van der Waals surface area contributed by atoms with Crippen molar-refractivity contribution in [2.24, 2.45) is 0 Å². The zero-order chi connectivity index (χ0) is 17.6. The van der Waals surface area contributed by atoms with Crippen molar-refractivity contribution in [2.45, 2.75) is 11.7 Å². The number of methoxy groups -OCH3 is 1. The standard InChI is InChI=1S/C19H18O4S/c1-3-4-13-23-17-11-7-15(8-12-17)19(24,18(20)21)14-5-9-16(22-2)10-6-14/h5-12,24H,13H2,1-2H3,(H,20,21). The van der Waals surface area contributed by atoms with E-state index in [9.17, 15) is 9.90 Å². The van der Waals surface area contributed by atoms with E-state index in [1.807, 2.05) is 0 Å². The van der Waals surface area contributed by atoms with Gasteiger partial charge in [0.15, 0.2) is 4.75 Å². The van der Waals surface area contributed by atoms with Crippen LogP contribution in [0.3, 0.4) is 0 Å². The van der Waals surface area contributed by atoms with Crippen molar-refractivity contribution in [1.82, 2.24) is 0 Å². The van der Waals surface area contributed by atoms with Crippen molar-refractivity contribution in [1.29, 1.82) is 0 Å². The third-order valence-electron chi connectivity index (χ3n) is 3.58. The minimum absolute atomic E-state index is 0.291. The van der Waals surface area contributed by atoms with Crippen LogP contribution >= 0.6 is 12.6 Å². The molecular formula is C19H18O4S. The molecule has 1 N–H and O–H groups in total. The molecule has 5 heteroatoms. The van der Waals surface area contributed by atoms with Crippen LogP contribution in [0.15, 0.2) is 48.5 Å². The van der Waals surface area contributed by atoms with E-state index in [0.29, 0.717) is 29.2 Å². The van der Waals surface area contributed by atoms with Crippen LogP contribution in [0.5, 0.6) is 11.5 Å². The molecule has 0 aliphatic heterocycles. The molecule has 0 spiro atoms. The molecular weight excluding hydrogens is 324 g/mol. The number of benzene rings is 2. The quantitative estimate of drug-likeness (QED) is 0.624. The Morgan fingerprint density at radius 3 is 2.00 bits per heavy atom. The normalized spacial score (nSPS) is 12.5. The molecule has 4 nitrogen and oxygen atoms in total. The average molecular weight is 342 g/mol. The van der Waals surface area contributed by atoms with Gasteiger partial charge in [-0.05, 0) is 42.3 Å². The van der Waals surface area contributed by atoms with Crippen LogP contribution in [-0.4, -0.2) is 24.8 Å². The molecule has 0 saturated carbocycles. The van der Waals surface area contributed by atoms with E-state index in [1.165, 1.54) is 0 Å². The molecule has 0 heterocycles. The first-order valence-electron chi connectivity index (χ1n) is 7.25. The Hall–Kier alpha value is -2.58. The van der Waals surface area contributed by atoms with E-state index >= 15 is 0 Å². The number of carbonyl (C=O) groups is 1. The molecule has 2 aromatic carbocycles. The van der Waals surface area contributed by atoms with E-state index in [2.05, 4.69) is 24.5 Å². The topological polar surface area (TPSA) is 55.8 Å². The number of rotatable bonds is 6. The molecule has 0 amide bonds. The molecule has 0 bridgehead atoms. The highest BCUT2D eigenvalue weighted by molar-refractivity contribution is 7.82. The van der Waals surface area contributed by atoms with E-state index in [-0.39, 0.29) is 0 Å². The van der Waals surface area contributed by atoms with Crippen molar-refractivity contribution in [3.8, 4) is 23.3 Å². The van der Waals surface area contributed by atoms with Crippen LogP contribution in [0.25, 0.3) is 0 Å². The number of hydrogen-bond acceptors (Lipinski definition) is 4. The smallest absolute Gasteiger partial charge is 0.328 e. The second kappa shape index (κ2) is 7.80. The van der Waals surface area contributed by atoms with Gasteiger partial charge in [0.05, 0.1) is 7.11 Å². The molecule has 124 valence electrons. The third-order valence-corrected chi connectivity index (χ3v) is 4.28. The maximum absolute atomic E-state index is 11.9. The number of carboxylic acids is 1. The van der Waals surface area contributed by atoms with Gasteiger partial charge in [-0.15, -0.1) is 5.92 Å². The summed E-state index contributed by atoms with van der Waals surface area (Å²) in [6.45, 7) is 2.03. The lowest BCUT2D eigenvalue weighted by Gasteiger charge is -2.25. The minimum atomic E-state index is -1.46. The molecule has 1 unspecified atom stereocenters. The third kappa shape index (κ3) is 3.66. The number of aliphatic carboxylic acids is 1. The molecule has 0 radical (unpaired) electrons. The molecule has 24 heavy (non-hydrogen) atoms. The maximum atomic E-state index is 11.9. The fourth-order valence-electron chi connectivity index (χ4n) is 2.23. The first-order chi connectivity index (χ1) is 11.5. The average Bonchev–Trinajstić information content (AvgIpc) is 2.62. The Morgan fingerprint density at radius 2 is 1.58 bits per heavy atom. The summed E-state index contributed by atoms with van der Waals surface area (Å²) >= 11 is 4.47. The van der Waals surface area contributed by atoms with Crippen molar-refractivity contribution in [2.75, 3.05) is 13.7 Å². The van der Waals surface area contributed by atoms with Gasteiger partial charge in [-0.3, -0.25) is 0 Å². The summed E-state index contributed by atoms with van der Waals surface area (Å²) in [6, 6.07) is 13.6. The molecule has 0 saturated heterocycles. The van der Waals surface area contributed by atoms with Gasteiger partial charge in [0, 0.05) is 0 Å². The van der Waals surface area contributed by atoms with E-state index in [0.717, 1.165) is 0 Å². The molecule has 0 fully saturated rings. The largest absolute Gasteiger partial charge is 0.497 e. The second-order valence-electron chi connectivity index (χ2n) is 4.98. The lowest BCUT2D eigenvalue weighted by Crippen LogP contribution is -2.31. The Kier molecular flexibility index (Phi) is 5.78. The first kappa shape index (κ1) is 17.8. The molecule has 1 atom stereocenters. The van der Waals surface area contributed by atoms with E-state index < -0.39 is 10.7 Å². The van der Waals surface area contributed by atoms with Gasteiger partial charge in [-0.1, -0.05) is 30.2 Å². The lowest BCUT2D eigenvalue weighted by atomic mass is 9.90. The summed E-state index contributed by atoms with van der Waals surface area (Å²) in [5.41, 5.74) is 1.09. The number of thiol groups is 1. The summed E-state index contributed by atoms with van der Waals surface area (Å²) in [5, 5.41) is 9.75. The van der Waals surface area contributed by atoms with Crippen LogP contribution in [0, 0.1) is 11.8 Å². The summed E-state index contributed by atoms with van der Waals surface area (Å²) in [5.74, 6) is 5.77. The number of ether oxygens (including phenoxy) is 2. The van der Waals surface area contributed by atoms with Crippen LogP contribution < -0.4 is 9.47 Å². The van der Waals surface area contributed by atoms with Crippen molar-refractivity contribution < 1.29 is 19.4 Å². The SMILES string of the molecule is CC#CCOc1ccc(C(S)(C(=O)O)c2ccc(OC)cc2)cc1. The Morgan fingerprint density at radius 1 is 1.08 bits per heavy atom. The molecule has 0 aliphatic rings. The first-order valence-corrected chi connectivity index (χ1v) is 7.70. The zero-order valence-corrected chi connectivity index (χ0v) is 14.3. The number of hydrogen-bond donors (Lipinski definition) is 2. The van der Waals surface area contributed by atoms with Crippen molar-refractivity contribution in [3.05, 3.63) is 59.7 Å². The van der Waals surface area contributed by atoms with Gasteiger partial charge in [0.25, 0.3) is 0 Å². The summed E-state index contributed by atoms with van der Waals surface area (Å²) in [6.07, 6.45) is 0. The lowest BCUT2D eigenvalue weighted by molar-refractivity contribution is -0.138. The zero-order valence-electron chi connectivity index (χ0n) is 13.4. The Bertz CT molecular complexity index is 757. The van der Waals surface area contributed by atoms with Gasteiger partial charge < -0.3 is 14.6 Å². The predicted octanol–water partition coefficient (Wildman–Crippen LogP) is 3.36. The van der Waals surface area contributed by atoms with Crippen LogP contribution in [0.4, 0.5) is 0 Å². The second-order valence-corrected chi connectivity index (χ2v) is 5.65. The monoisotopic (exact) mass is 342 g/mol. The highest BCUT2D eigenvalue weighted by atomic mass is 32.1. The Balaban J connectivity index is 2.34. The predicted molar refractivity (Wildman–Crippen MR) is 95.8 cm³/mol. The molecule has 2 rings (SSSR count). The van der Waals surface area contributed by atoms with Gasteiger partial charge in [-0.25, -0.2) is 4.79 Å². The van der Waals surface area contributed by atoms with Crippen molar-refractivity contribution in [3.63, 3.8) is 0 Å². The molecule has 2 aromatic rings. The number of carboxylic acid groups (broad SMARTS) is 1.